The third kappa shape index (κ3) is 5.92. The van der Waals surface area contributed by atoms with E-state index in [-0.39, 0.29) is 19.1 Å². The molecule has 0 saturated carbocycles. The Labute approximate surface area is 115 Å². The monoisotopic (exact) mass is 290 g/mol. The molecule has 112 valence electrons. The molecule has 0 radical (unpaired) electrons. The van der Waals surface area contributed by atoms with Crippen LogP contribution < -0.4 is 10.2 Å². The van der Waals surface area contributed by atoms with Crippen LogP contribution in [0.3, 0.4) is 0 Å². The van der Waals surface area contributed by atoms with E-state index < -0.39 is 12.8 Å². The molecule has 0 atom stereocenters. The number of benzene rings is 1. The number of hydrogen-bond donors (Lipinski definition) is 1. The fraction of sp³-hybridized carbons (Fsp3) is 0.462. The number of carbonyl (C=O) groups excluding carboxylic acids is 1. The predicted molar refractivity (Wildman–Crippen MR) is 70.0 cm³/mol. The van der Waals surface area contributed by atoms with Crippen LogP contribution in [0.2, 0.25) is 0 Å². The summed E-state index contributed by atoms with van der Waals surface area (Å²) in [6.07, 6.45) is -4.34. The van der Waals surface area contributed by atoms with Gasteiger partial charge in [0.2, 0.25) is 0 Å². The molecule has 20 heavy (non-hydrogen) atoms. The third-order valence-electron chi connectivity index (χ3n) is 2.44. The topological polar surface area (TPSA) is 41.6 Å². The van der Waals surface area contributed by atoms with Gasteiger partial charge >= 0.3 is 6.18 Å². The van der Waals surface area contributed by atoms with Crippen LogP contribution in [0, 0.1) is 0 Å². The van der Waals surface area contributed by atoms with Gasteiger partial charge in [0.15, 0.2) is 0 Å². The summed E-state index contributed by atoms with van der Waals surface area (Å²) in [4.78, 5) is 13.6. The first-order valence-corrected chi connectivity index (χ1v) is 5.99. The Hall–Kier alpha value is -1.76. The van der Waals surface area contributed by atoms with Crippen molar-refractivity contribution in [3.8, 4) is 0 Å². The number of anilines is 1. The molecule has 0 saturated heterocycles. The van der Waals surface area contributed by atoms with Crippen LogP contribution in [-0.4, -0.2) is 45.9 Å². The van der Waals surface area contributed by atoms with Crippen LogP contribution >= 0.6 is 0 Å². The summed E-state index contributed by atoms with van der Waals surface area (Å²) in [5, 5.41) is 2.49. The van der Waals surface area contributed by atoms with Crippen molar-refractivity contribution in [3.63, 3.8) is 0 Å². The van der Waals surface area contributed by atoms with Gasteiger partial charge in [-0.3, -0.25) is 4.79 Å². The molecular formula is C13H17F3N2O2. The van der Waals surface area contributed by atoms with Gasteiger partial charge in [0.25, 0.3) is 5.91 Å². The third-order valence-corrected chi connectivity index (χ3v) is 2.44. The predicted octanol–water partition coefficient (Wildman–Crippen LogP) is 2.06. The first kappa shape index (κ1) is 16.3. The summed E-state index contributed by atoms with van der Waals surface area (Å²) in [6.45, 7) is -1.45. The molecule has 7 heteroatoms. The van der Waals surface area contributed by atoms with Gasteiger partial charge in [-0.1, -0.05) is 0 Å². The van der Waals surface area contributed by atoms with E-state index in [0.29, 0.717) is 5.56 Å². The maximum atomic E-state index is 11.8. The highest BCUT2D eigenvalue weighted by molar-refractivity contribution is 5.94. The lowest BCUT2D eigenvalue weighted by Crippen LogP contribution is -2.28. The van der Waals surface area contributed by atoms with E-state index in [1.54, 1.807) is 24.3 Å². The molecular weight excluding hydrogens is 273 g/mol. The van der Waals surface area contributed by atoms with E-state index in [9.17, 15) is 18.0 Å². The second kappa shape index (κ2) is 7.14. The maximum Gasteiger partial charge on any atom is 0.411 e. The molecule has 1 aromatic rings. The van der Waals surface area contributed by atoms with Crippen LogP contribution in [-0.2, 0) is 4.74 Å². The van der Waals surface area contributed by atoms with E-state index in [0.717, 1.165) is 5.69 Å². The Bertz CT molecular complexity index is 430. The number of nitrogens with one attached hydrogen (secondary N) is 1. The zero-order valence-corrected chi connectivity index (χ0v) is 11.3. The molecule has 1 N–H and O–H groups in total. The lowest BCUT2D eigenvalue weighted by molar-refractivity contribution is -0.173. The van der Waals surface area contributed by atoms with Crippen molar-refractivity contribution < 1.29 is 22.7 Å². The Morgan fingerprint density at radius 1 is 1.25 bits per heavy atom. The molecule has 0 aliphatic rings. The van der Waals surface area contributed by atoms with Crippen LogP contribution in [0.5, 0.6) is 0 Å². The number of halogens is 3. The minimum Gasteiger partial charge on any atom is -0.378 e. The van der Waals surface area contributed by atoms with Gasteiger partial charge in [0.1, 0.15) is 6.61 Å². The van der Waals surface area contributed by atoms with Gasteiger partial charge < -0.3 is 15.0 Å². The summed E-state index contributed by atoms with van der Waals surface area (Å²) in [7, 11) is 3.76. The average molecular weight is 290 g/mol. The van der Waals surface area contributed by atoms with Gasteiger partial charge in [-0.25, -0.2) is 0 Å². The van der Waals surface area contributed by atoms with E-state index in [4.69, 9.17) is 0 Å². The Kier molecular flexibility index (Phi) is 5.82. The number of nitrogens with zero attached hydrogens (tertiary/aromatic N) is 1. The number of rotatable bonds is 6. The van der Waals surface area contributed by atoms with Gasteiger partial charge in [0.05, 0.1) is 6.61 Å². The minimum atomic E-state index is -4.34. The molecule has 0 aliphatic carbocycles. The number of amides is 1. The molecule has 0 aromatic heterocycles. The molecule has 0 unspecified atom stereocenters. The smallest absolute Gasteiger partial charge is 0.378 e. The van der Waals surface area contributed by atoms with Crippen LogP contribution in [0.4, 0.5) is 18.9 Å². The highest BCUT2D eigenvalue weighted by atomic mass is 19.4. The molecule has 4 nitrogen and oxygen atoms in total. The number of hydrogen-bond acceptors (Lipinski definition) is 3. The molecule has 0 aliphatic heterocycles. The summed E-state index contributed by atoms with van der Waals surface area (Å²) in [5.41, 5.74) is 1.40. The summed E-state index contributed by atoms with van der Waals surface area (Å²) in [5.74, 6) is -0.342. The highest BCUT2D eigenvalue weighted by Gasteiger charge is 2.27. The molecule has 0 fully saturated rings. The van der Waals surface area contributed by atoms with Gasteiger partial charge in [-0.2, -0.15) is 13.2 Å². The standard InChI is InChI=1S/C13H17F3N2O2/c1-18(2)11-5-3-10(4-6-11)12(19)17-7-8-20-9-13(14,15)16/h3-6H,7-9H2,1-2H3,(H,17,19). The van der Waals surface area contributed by atoms with E-state index in [2.05, 4.69) is 10.1 Å². The summed E-state index contributed by atoms with van der Waals surface area (Å²) in [6, 6.07) is 6.88. The normalized spacial score (nSPS) is 11.2. The molecule has 1 aromatic carbocycles. The largest absolute Gasteiger partial charge is 0.411 e. The Morgan fingerprint density at radius 2 is 1.85 bits per heavy atom. The van der Waals surface area contributed by atoms with Crippen molar-refractivity contribution in [2.24, 2.45) is 0 Å². The van der Waals surface area contributed by atoms with Crippen LogP contribution in [0.25, 0.3) is 0 Å². The average Bonchev–Trinajstić information content (AvgIpc) is 2.37. The second-order valence-corrected chi connectivity index (χ2v) is 4.36. The zero-order chi connectivity index (χ0) is 15.2. The fourth-order valence-corrected chi connectivity index (χ4v) is 1.44. The van der Waals surface area contributed by atoms with Crippen molar-refractivity contribution in [2.45, 2.75) is 6.18 Å². The van der Waals surface area contributed by atoms with Gasteiger partial charge in [-0.05, 0) is 24.3 Å². The zero-order valence-electron chi connectivity index (χ0n) is 11.3. The fourth-order valence-electron chi connectivity index (χ4n) is 1.44. The molecule has 1 amide bonds. The highest BCUT2D eigenvalue weighted by Crippen LogP contribution is 2.14. The van der Waals surface area contributed by atoms with Crippen molar-refractivity contribution in [3.05, 3.63) is 29.8 Å². The molecule has 0 heterocycles. The molecule has 0 spiro atoms. The second-order valence-electron chi connectivity index (χ2n) is 4.36. The first-order valence-electron chi connectivity index (χ1n) is 5.99. The van der Waals surface area contributed by atoms with E-state index >= 15 is 0 Å². The molecule has 1 rings (SSSR count). The number of ether oxygens (including phenoxy) is 1. The van der Waals surface area contributed by atoms with Crippen molar-refractivity contribution in [1.29, 1.82) is 0 Å². The van der Waals surface area contributed by atoms with Crippen LogP contribution in [0.15, 0.2) is 24.3 Å². The van der Waals surface area contributed by atoms with E-state index in [1.165, 1.54) is 0 Å². The van der Waals surface area contributed by atoms with Crippen molar-refractivity contribution in [1.82, 2.24) is 5.32 Å². The van der Waals surface area contributed by atoms with Gasteiger partial charge in [-0.15, -0.1) is 0 Å². The Balaban J connectivity index is 2.32. The van der Waals surface area contributed by atoms with Gasteiger partial charge in [0, 0.05) is 31.9 Å². The summed E-state index contributed by atoms with van der Waals surface area (Å²) < 4.78 is 39.8. The molecule has 0 bridgehead atoms. The quantitative estimate of drug-likeness (QED) is 0.815. The van der Waals surface area contributed by atoms with E-state index in [1.807, 2.05) is 19.0 Å². The van der Waals surface area contributed by atoms with Crippen molar-refractivity contribution in [2.75, 3.05) is 38.8 Å². The Morgan fingerprint density at radius 3 is 2.35 bits per heavy atom. The lowest BCUT2D eigenvalue weighted by Gasteiger charge is -2.12. The first-order chi connectivity index (χ1) is 9.29. The maximum absolute atomic E-state index is 11.8. The number of carbonyl (C=O) groups is 1. The van der Waals surface area contributed by atoms with Crippen molar-refractivity contribution >= 4 is 11.6 Å². The van der Waals surface area contributed by atoms with Crippen LogP contribution in [0.1, 0.15) is 10.4 Å². The SMILES string of the molecule is CN(C)c1ccc(C(=O)NCCOCC(F)(F)F)cc1. The minimum absolute atomic E-state index is 0.0321. The summed E-state index contributed by atoms with van der Waals surface area (Å²) >= 11 is 0. The number of alkyl halides is 3. The lowest BCUT2D eigenvalue weighted by atomic mass is 10.2.